The first kappa shape index (κ1) is 23.9. The average Bonchev–Trinajstić information content (AvgIpc) is 2.64. The van der Waals surface area contributed by atoms with Gasteiger partial charge in [-0.15, -0.1) is 24.0 Å². The molecule has 1 aromatic rings. The molecular formula is C19H33IN4O3. The number of methoxy groups -OCH3 is 2. The first-order chi connectivity index (χ1) is 12.7. The molecule has 0 spiro atoms. The van der Waals surface area contributed by atoms with Gasteiger partial charge in [0.05, 0.1) is 6.61 Å². The lowest BCUT2D eigenvalue weighted by Crippen LogP contribution is -2.46. The number of pyridine rings is 1. The van der Waals surface area contributed by atoms with Crippen molar-refractivity contribution in [3.05, 3.63) is 23.9 Å². The van der Waals surface area contributed by atoms with Crippen molar-refractivity contribution < 1.29 is 14.2 Å². The summed E-state index contributed by atoms with van der Waals surface area (Å²) in [6.07, 6.45) is 6.74. The number of nitrogens with zero attached hydrogens (tertiary/aromatic N) is 2. The second-order valence-electron chi connectivity index (χ2n) is 6.72. The van der Waals surface area contributed by atoms with Crippen LogP contribution in [0, 0.1) is 5.41 Å². The van der Waals surface area contributed by atoms with Gasteiger partial charge in [-0.25, -0.2) is 4.98 Å². The minimum atomic E-state index is 0. The summed E-state index contributed by atoms with van der Waals surface area (Å²) >= 11 is 0. The summed E-state index contributed by atoms with van der Waals surface area (Å²) < 4.78 is 15.7. The average molecular weight is 492 g/mol. The van der Waals surface area contributed by atoms with E-state index in [2.05, 4.69) is 20.6 Å². The molecule has 0 aromatic carbocycles. The van der Waals surface area contributed by atoms with Crippen molar-refractivity contribution in [2.75, 3.05) is 47.6 Å². The van der Waals surface area contributed by atoms with Crippen LogP contribution in [-0.2, 0) is 16.0 Å². The van der Waals surface area contributed by atoms with Crippen LogP contribution < -0.4 is 15.4 Å². The molecule has 1 saturated carbocycles. The Morgan fingerprint density at radius 3 is 2.48 bits per heavy atom. The zero-order chi connectivity index (χ0) is 18.7. The molecule has 0 atom stereocenters. The van der Waals surface area contributed by atoms with Crippen LogP contribution in [0.4, 0.5) is 0 Å². The maximum Gasteiger partial charge on any atom is 0.213 e. The van der Waals surface area contributed by atoms with Gasteiger partial charge in [-0.1, -0.05) is 12.5 Å². The van der Waals surface area contributed by atoms with Gasteiger partial charge < -0.3 is 24.8 Å². The number of halogens is 1. The van der Waals surface area contributed by atoms with Gasteiger partial charge in [0, 0.05) is 53.2 Å². The molecule has 2 N–H and O–H groups in total. The third-order valence-corrected chi connectivity index (χ3v) is 4.90. The van der Waals surface area contributed by atoms with E-state index in [1.165, 1.54) is 19.3 Å². The quantitative estimate of drug-likeness (QED) is 0.214. The lowest BCUT2D eigenvalue weighted by molar-refractivity contribution is 0.0732. The highest BCUT2D eigenvalue weighted by atomic mass is 127. The van der Waals surface area contributed by atoms with E-state index in [0.29, 0.717) is 31.1 Å². The van der Waals surface area contributed by atoms with Crippen LogP contribution in [0.2, 0.25) is 0 Å². The van der Waals surface area contributed by atoms with E-state index in [4.69, 9.17) is 14.2 Å². The number of ether oxygens (including phenoxy) is 3. The minimum absolute atomic E-state index is 0. The molecular weight excluding hydrogens is 459 g/mol. The van der Waals surface area contributed by atoms with E-state index in [-0.39, 0.29) is 24.0 Å². The highest BCUT2D eigenvalue weighted by Crippen LogP contribution is 2.43. The fraction of sp³-hybridized carbons (Fsp3) is 0.684. The predicted molar refractivity (Wildman–Crippen MR) is 118 cm³/mol. The fourth-order valence-corrected chi connectivity index (χ4v) is 3.02. The SMILES string of the molecule is CN=C(NCc1ccc(OCCOC)nc1)NCC1(CCOC)CCC1.I. The van der Waals surface area contributed by atoms with Gasteiger partial charge in [-0.05, 0) is 30.2 Å². The summed E-state index contributed by atoms with van der Waals surface area (Å²) in [5.41, 5.74) is 1.43. The lowest BCUT2D eigenvalue weighted by Gasteiger charge is -2.42. The van der Waals surface area contributed by atoms with Crippen LogP contribution in [0.3, 0.4) is 0 Å². The molecule has 8 heteroatoms. The van der Waals surface area contributed by atoms with E-state index in [0.717, 1.165) is 31.1 Å². The Labute approximate surface area is 179 Å². The standard InChI is InChI=1S/C19H32N4O3.HI/c1-20-18(23-15-19(7-4-8-19)9-10-24-2)22-14-16-5-6-17(21-13-16)26-12-11-25-3;/h5-6,13H,4,7-12,14-15H2,1-3H3,(H2,20,22,23);1H. The number of aromatic nitrogens is 1. The van der Waals surface area contributed by atoms with Crippen LogP contribution in [0.1, 0.15) is 31.2 Å². The molecule has 1 aromatic heterocycles. The maximum absolute atomic E-state index is 5.47. The van der Waals surface area contributed by atoms with Gasteiger partial charge >= 0.3 is 0 Å². The molecule has 0 unspecified atom stereocenters. The number of hydrogen-bond donors (Lipinski definition) is 2. The van der Waals surface area contributed by atoms with E-state index in [1.54, 1.807) is 21.3 Å². The molecule has 2 rings (SSSR count). The molecule has 0 radical (unpaired) electrons. The van der Waals surface area contributed by atoms with Crippen LogP contribution in [0.25, 0.3) is 0 Å². The monoisotopic (exact) mass is 492 g/mol. The van der Waals surface area contributed by atoms with Gasteiger partial charge in [0.2, 0.25) is 5.88 Å². The van der Waals surface area contributed by atoms with E-state index >= 15 is 0 Å². The Hall–Kier alpha value is -1.13. The third-order valence-electron chi connectivity index (χ3n) is 4.90. The summed E-state index contributed by atoms with van der Waals surface area (Å²) in [6.45, 7) is 3.47. The summed E-state index contributed by atoms with van der Waals surface area (Å²) in [4.78, 5) is 8.62. The molecule has 154 valence electrons. The first-order valence-electron chi connectivity index (χ1n) is 9.21. The van der Waals surface area contributed by atoms with Crippen molar-refractivity contribution in [3.8, 4) is 5.88 Å². The normalized spacial score (nSPS) is 15.4. The minimum Gasteiger partial charge on any atom is -0.475 e. The fourth-order valence-electron chi connectivity index (χ4n) is 3.02. The zero-order valence-electron chi connectivity index (χ0n) is 16.6. The Morgan fingerprint density at radius 2 is 1.93 bits per heavy atom. The van der Waals surface area contributed by atoms with Gasteiger partial charge in [0.15, 0.2) is 5.96 Å². The van der Waals surface area contributed by atoms with Crippen molar-refractivity contribution in [3.63, 3.8) is 0 Å². The molecule has 0 amide bonds. The molecule has 0 bridgehead atoms. The van der Waals surface area contributed by atoms with E-state index in [9.17, 15) is 0 Å². The van der Waals surface area contributed by atoms with Crippen molar-refractivity contribution in [2.45, 2.75) is 32.2 Å². The van der Waals surface area contributed by atoms with Crippen molar-refractivity contribution in [2.24, 2.45) is 10.4 Å². The number of rotatable bonds is 11. The summed E-state index contributed by atoms with van der Waals surface area (Å²) in [7, 11) is 5.21. The highest BCUT2D eigenvalue weighted by Gasteiger charge is 2.36. The number of aliphatic imine (C=N–C) groups is 1. The van der Waals surface area contributed by atoms with Crippen LogP contribution >= 0.6 is 24.0 Å². The molecule has 0 saturated heterocycles. The Balaban J connectivity index is 0.00000364. The summed E-state index contributed by atoms with van der Waals surface area (Å²) in [5, 5.41) is 6.80. The highest BCUT2D eigenvalue weighted by molar-refractivity contribution is 14.0. The van der Waals surface area contributed by atoms with Crippen molar-refractivity contribution in [1.82, 2.24) is 15.6 Å². The van der Waals surface area contributed by atoms with E-state index < -0.39 is 0 Å². The van der Waals surface area contributed by atoms with Gasteiger partial charge in [0.25, 0.3) is 0 Å². The second kappa shape index (κ2) is 13.1. The van der Waals surface area contributed by atoms with E-state index in [1.807, 2.05) is 18.3 Å². The maximum atomic E-state index is 5.47. The Kier molecular flexibility index (Phi) is 11.6. The third kappa shape index (κ3) is 8.18. The van der Waals surface area contributed by atoms with Crippen LogP contribution in [0.5, 0.6) is 5.88 Å². The van der Waals surface area contributed by atoms with Crippen molar-refractivity contribution in [1.29, 1.82) is 0 Å². The number of guanidine groups is 1. The Bertz CT molecular complexity index is 550. The molecule has 0 aliphatic heterocycles. The second-order valence-corrected chi connectivity index (χ2v) is 6.72. The summed E-state index contributed by atoms with van der Waals surface area (Å²) in [6, 6.07) is 3.87. The van der Waals surface area contributed by atoms with Gasteiger partial charge in [-0.3, -0.25) is 4.99 Å². The molecule has 1 fully saturated rings. The smallest absolute Gasteiger partial charge is 0.213 e. The molecule has 1 aliphatic carbocycles. The summed E-state index contributed by atoms with van der Waals surface area (Å²) in [5.74, 6) is 1.42. The molecule has 7 nitrogen and oxygen atoms in total. The Morgan fingerprint density at radius 1 is 1.15 bits per heavy atom. The zero-order valence-corrected chi connectivity index (χ0v) is 19.0. The lowest BCUT2D eigenvalue weighted by atomic mass is 9.67. The largest absolute Gasteiger partial charge is 0.475 e. The molecule has 1 aliphatic rings. The van der Waals surface area contributed by atoms with Crippen LogP contribution in [-0.4, -0.2) is 58.6 Å². The number of nitrogens with one attached hydrogen (secondary N) is 2. The first-order valence-corrected chi connectivity index (χ1v) is 9.21. The van der Waals surface area contributed by atoms with Crippen LogP contribution in [0.15, 0.2) is 23.3 Å². The van der Waals surface area contributed by atoms with Gasteiger partial charge in [0.1, 0.15) is 6.61 Å². The molecule has 1 heterocycles. The van der Waals surface area contributed by atoms with Gasteiger partial charge in [-0.2, -0.15) is 0 Å². The van der Waals surface area contributed by atoms with Crippen molar-refractivity contribution >= 4 is 29.9 Å². The molecule has 27 heavy (non-hydrogen) atoms. The predicted octanol–water partition coefficient (Wildman–Crippen LogP) is 2.60. The number of hydrogen-bond acceptors (Lipinski definition) is 5. The topological polar surface area (TPSA) is 77.0 Å².